The van der Waals surface area contributed by atoms with Crippen molar-refractivity contribution in [3.8, 4) is 11.1 Å². The maximum Gasteiger partial charge on any atom is 0.225 e. The van der Waals surface area contributed by atoms with Gasteiger partial charge >= 0.3 is 0 Å². The fourth-order valence-electron chi connectivity index (χ4n) is 3.43. The number of likely N-dealkylation sites (tertiary alicyclic amines) is 1. The van der Waals surface area contributed by atoms with E-state index in [4.69, 9.17) is 14.3 Å². The lowest BCUT2D eigenvalue weighted by atomic mass is 10.1. The van der Waals surface area contributed by atoms with E-state index in [0.717, 1.165) is 32.0 Å². The molecule has 0 bridgehead atoms. The Balaban J connectivity index is 1.28. The molecule has 8 nitrogen and oxygen atoms in total. The van der Waals surface area contributed by atoms with Gasteiger partial charge in [0, 0.05) is 62.9 Å². The number of benzene rings is 1. The minimum absolute atomic E-state index is 0.155. The molecule has 160 valence electrons. The Hall–Kier alpha value is -2.62. The summed E-state index contributed by atoms with van der Waals surface area (Å²) >= 11 is 0. The number of ether oxygens (including phenoxy) is 2. The van der Waals surface area contributed by atoms with Crippen molar-refractivity contribution in [2.75, 3.05) is 58.5 Å². The molecular weight excluding hydrogens is 389 g/mol. The first-order valence-corrected chi connectivity index (χ1v) is 9.94. The summed E-state index contributed by atoms with van der Waals surface area (Å²) < 4.78 is 24.7. The molecule has 0 amide bonds. The lowest BCUT2D eigenvalue weighted by Gasteiger charge is -2.38. The molecule has 9 heteroatoms. The Labute approximate surface area is 175 Å². The Bertz CT molecular complexity index is 879. The van der Waals surface area contributed by atoms with Crippen LogP contribution in [0.5, 0.6) is 0 Å². The number of hydrogen-bond donors (Lipinski definition) is 0. The molecule has 0 unspecified atom stereocenters. The highest BCUT2D eigenvalue weighted by atomic mass is 19.1. The van der Waals surface area contributed by atoms with E-state index in [1.54, 1.807) is 44.8 Å². The van der Waals surface area contributed by atoms with Crippen molar-refractivity contribution < 1.29 is 18.7 Å². The summed E-state index contributed by atoms with van der Waals surface area (Å²) in [6.07, 6.45) is 3.44. The van der Waals surface area contributed by atoms with Crippen LogP contribution >= 0.6 is 0 Å². The third-order valence-corrected chi connectivity index (χ3v) is 5.22. The van der Waals surface area contributed by atoms with E-state index >= 15 is 0 Å². The average Bonchev–Trinajstić information content (AvgIpc) is 2.70. The molecule has 2 fully saturated rings. The highest BCUT2D eigenvalue weighted by Crippen LogP contribution is 2.26. The monoisotopic (exact) mass is 415 g/mol. The zero-order valence-electron chi connectivity index (χ0n) is 17.3. The topological polar surface area (TPSA) is 72.3 Å². The van der Waals surface area contributed by atoms with Crippen LogP contribution in [0, 0.1) is 5.82 Å². The predicted molar refractivity (Wildman–Crippen MR) is 111 cm³/mol. The second-order valence-corrected chi connectivity index (χ2v) is 7.48. The molecular formula is C21H26FN5O3. The van der Waals surface area contributed by atoms with Gasteiger partial charge in [-0.05, 0) is 0 Å². The number of hydrogen-bond acceptors (Lipinski definition) is 8. The van der Waals surface area contributed by atoms with E-state index in [0.29, 0.717) is 35.7 Å². The molecule has 2 aliphatic heterocycles. The van der Waals surface area contributed by atoms with Gasteiger partial charge in [-0.25, -0.2) is 14.4 Å². The molecule has 0 spiro atoms. The molecule has 3 heterocycles. The highest BCUT2D eigenvalue weighted by Gasteiger charge is 2.30. The van der Waals surface area contributed by atoms with Gasteiger partial charge in [-0.3, -0.25) is 4.90 Å². The summed E-state index contributed by atoms with van der Waals surface area (Å²) in [4.78, 5) is 18.6. The van der Waals surface area contributed by atoms with Crippen molar-refractivity contribution in [2.45, 2.75) is 12.7 Å². The van der Waals surface area contributed by atoms with Crippen molar-refractivity contribution >= 4 is 11.7 Å². The second-order valence-electron chi connectivity index (χ2n) is 7.48. The third kappa shape index (κ3) is 4.58. The Kier molecular flexibility index (Phi) is 6.51. The van der Waals surface area contributed by atoms with Crippen LogP contribution in [-0.2, 0) is 20.9 Å². The smallest absolute Gasteiger partial charge is 0.225 e. The highest BCUT2D eigenvalue weighted by molar-refractivity contribution is 5.98. The summed E-state index contributed by atoms with van der Waals surface area (Å²) in [5, 5.41) is 4.25. The predicted octanol–water partition coefficient (Wildman–Crippen LogP) is 1.95. The van der Waals surface area contributed by atoms with Crippen LogP contribution in [0.25, 0.3) is 11.1 Å². The first-order valence-electron chi connectivity index (χ1n) is 9.94. The quantitative estimate of drug-likeness (QED) is 0.580. The normalized spacial score (nSPS) is 16.9. The van der Waals surface area contributed by atoms with Crippen molar-refractivity contribution in [1.29, 1.82) is 0 Å². The zero-order chi connectivity index (χ0) is 20.9. The average molecular weight is 415 g/mol. The number of aromatic nitrogens is 2. The van der Waals surface area contributed by atoms with Gasteiger partial charge in [0.2, 0.25) is 5.95 Å². The molecule has 0 atom stereocenters. The Morgan fingerprint density at radius 1 is 1.13 bits per heavy atom. The summed E-state index contributed by atoms with van der Waals surface area (Å²) in [6, 6.07) is 5.23. The number of methoxy groups -OCH3 is 2. The van der Waals surface area contributed by atoms with Crippen LogP contribution in [-0.4, -0.2) is 80.2 Å². The van der Waals surface area contributed by atoms with E-state index in [2.05, 4.69) is 20.0 Å². The molecule has 0 N–H and O–H groups in total. The largest absolute Gasteiger partial charge is 0.390 e. The van der Waals surface area contributed by atoms with Crippen LogP contribution in [0.15, 0.2) is 35.7 Å². The van der Waals surface area contributed by atoms with Gasteiger partial charge in [0.15, 0.2) is 6.10 Å². The van der Waals surface area contributed by atoms with Crippen LogP contribution in [0.1, 0.15) is 5.56 Å². The van der Waals surface area contributed by atoms with Gasteiger partial charge in [-0.15, -0.1) is 0 Å². The molecule has 4 rings (SSSR count). The summed E-state index contributed by atoms with van der Waals surface area (Å²) in [5.41, 5.74) is 2.58. The molecule has 2 saturated heterocycles. The van der Waals surface area contributed by atoms with Crippen LogP contribution in [0.4, 0.5) is 10.3 Å². The Morgan fingerprint density at radius 2 is 1.90 bits per heavy atom. The molecule has 2 aromatic rings. The molecule has 0 aliphatic carbocycles. The Morgan fingerprint density at radius 3 is 2.60 bits per heavy atom. The molecule has 0 saturated carbocycles. The van der Waals surface area contributed by atoms with Crippen molar-refractivity contribution in [2.24, 2.45) is 5.16 Å². The number of anilines is 1. The van der Waals surface area contributed by atoms with Crippen molar-refractivity contribution in [3.05, 3.63) is 42.0 Å². The summed E-state index contributed by atoms with van der Waals surface area (Å²) in [6.45, 7) is 4.93. The van der Waals surface area contributed by atoms with Crippen molar-refractivity contribution in [1.82, 2.24) is 14.9 Å². The van der Waals surface area contributed by atoms with E-state index in [9.17, 15) is 4.39 Å². The van der Waals surface area contributed by atoms with E-state index < -0.39 is 0 Å². The van der Waals surface area contributed by atoms with Gasteiger partial charge in [0.25, 0.3) is 0 Å². The number of nitrogens with zero attached hydrogens (tertiary/aromatic N) is 5. The van der Waals surface area contributed by atoms with Crippen LogP contribution in [0.2, 0.25) is 0 Å². The SMILES string of the molecule is COCCN1CC(ON=C2CN(c3ncc(-c4cccc(COC)c4F)cn3)C2)C1. The van der Waals surface area contributed by atoms with E-state index in [1.165, 1.54) is 0 Å². The fraction of sp³-hybridized carbons (Fsp3) is 0.476. The molecule has 30 heavy (non-hydrogen) atoms. The maximum absolute atomic E-state index is 14.6. The lowest BCUT2D eigenvalue weighted by molar-refractivity contribution is -0.0589. The molecule has 2 aliphatic rings. The minimum atomic E-state index is -0.303. The number of rotatable bonds is 9. The van der Waals surface area contributed by atoms with E-state index in [1.807, 2.05) is 4.90 Å². The maximum atomic E-state index is 14.6. The number of oxime groups is 1. The first-order chi connectivity index (χ1) is 14.7. The molecule has 1 aromatic heterocycles. The zero-order valence-corrected chi connectivity index (χ0v) is 17.3. The minimum Gasteiger partial charge on any atom is -0.390 e. The fourth-order valence-corrected chi connectivity index (χ4v) is 3.43. The van der Waals surface area contributed by atoms with Gasteiger partial charge in [-0.1, -0.05) is 23.4 Å². The molecule has 0 radical (unpaired) electrons. The van der Waals surface area contributed by atoms with Gasteiger partial charge in [-0.2, -0.15) is 0 Å². The van der Waals surface area contributed by atoms with E-state index in [-0.39, 0.29) is 18.5 Å². The third-order valence-electron chi connectivity index (χ3n) is 5.22. The standard InChI is InChI=1S/C21H26FN5O3/c1-28-7-6-26-12-18(13-26)30-25-17-10-27(11-17)21-23-8-16(9-24-21)19-5-3-4-15(14-29-2)20(19)22/h3-5,8-9,18H,6-7,10-14H2,1-2H3. The first kappa shape index (κ1) is 20.6. The summed E-state index contributed by atoms with van der Waals surface area (Å²) in [7, 11) is 3.25. The van der Waals surface area contributed by atoms with Crippen LogP contribution in [0.3, 0.4) is 0 Å². The van der Waals surface area contributed by atoms with Crippen molar-refractivity contribution in [3.63, 3.8) is 0 Å². The molecule has 1 aromatic carbocycles. The van der Waals surface area contributed by atoms with Gasteiger partial charge < -0.3 is 19.2 Å². The van der Waals surface area contributed by atoms with Gasteiger partial charge in [0.05, 0.1) is 32.0 Å². The second kappa shape index (κ2) is 9.46. The van der Waals surface area contributed by atoms with Crippen LogP contribution < -0.4 is 4.90 Å². The lowest BCUT2D eigenvalue weighted by Crippen LogP contribution is -2.53. The number of halogens is 1. The van der Waals surface area contributed by atoms with Gasteiger partial charge in [0.1, 0.15) is 5.82 Å². The summed E-state index contributed by atoms with van der Waals surface area (Å²) in [5.74, 6) is 0.295.